The fraction of sp³-hybridized carbons (Fsp3) is 0.138. The Hall–Kier alpha value is -3.68. The molecule has 0 spiro atoms. The van der Waals surface area contributed by atoms with Gasteiger partial charge in [0.1, 0.15) is 10.1 Å². The van der Waals surface area contributed by atoms with Crippen LogP contribution in [0.4, 0.5) is 0 Å². The molecular formula is C29H25N3O2S2. The number of thioether (sulfide) groups is 1. The van der Waals surface area contributed by atoms with Crippen molar-refractivity contribution < 1.29 is 9.53 Å². The van der Waals surface area contributed by atoms with Gasteiger partial charge in [-0.25, -0.2) is 4.68 Å². The molecule has 0 N–H and O–H groups in total. The molecule has 1 aromatic heterocycles. The zero-order chi connectivity index (χ0) is 25.1. The second-order valence-electron chi connectivity index (χ2n) is 8.66. The molecule has 0 aliphatic carbocycles. The lowest BCUT2D eigenvalue weighted by Gasteiger charge is -2.14. The molecule has 1 saturated heterocycles. The molecule has 0 unspecified atom stereocenters. The van der Waals surface area contributed by atoms with Gasteiger partial charge in [-0.3, -0.25) is 9.69 Å². The Kier molecular flexibility index (Phi) is 7.02. The monoisotopic (exact) mass is 511 g/mol. The van der Waals surface area contributed by atoms with Gasteiger partial charge in [-0.15, -0.1) is 0 Å². The summed E-state index contributed by atoms with van der Waals surface area (Å²) in [7, 11) is 0. The van der Waals surface area contributed by atoms with E-state index in [2.05, 4.69) is 0 Å². The molecule has 5 rings (SSSR count). The first-order valence-corrected chi connectivity index (χ1v) is 12.9. The van der Waals surface area contributed by atoms with Crippen LogP contribution in [0.15, 0.2) is 96.0 Å². The molecule has 1 amide bonds. The van der Waals surface area contributed by atoms with E-state index in [1.807, 2.05) is 116 Å². The van der Waals surface area contributed by atoms with Crippen molar-refractivity contribution >= 4 is 40.3 Å². The zero-order valence-corrected chi connectivity index (χ0v) is 21.6. The standard InChI is InChI=1S/C29H25N3O2S2/c1-20(2)34-25-15-13-22(14-16-25)27-23(19-32(30-27)24-11-7-4-8-12-24)17-26-28(33)31(29(35)36-26)18-21-9-5-3-6-10-21/h3-17,19-20H,18H2,1-2H3. The van der Waals surface area contributed by atoms with Crippen molar-refractivity contribution in [3.8, 4) is 22.7 Å². The van der Waals surface area contributed by atoms with E-state index in [0.717, 1.165) is 33.8 Å². The highest BCUT2D eigenvalue weighted by Crippen LogP contribution is 2.36. The van der Waals surface area contributed by atoms with Crippen LogP contribution in [0.5, 0.6) is 5.75 Å². The lowest BCUT2D eigenvalue weighted by Crippen LogP contribution is -2.27. The normalized spacial score (nSPS) is 14.8. The number of carbonyl (C=O) groups is 1. The maximum absolute atomic E-state index is 13.3. The van der Waals surface area contributed by atoms with Crippen LogP contribution in [0.25, 0.3) is 23.0 Å². The predicted octanol–water partition coefficient (Wildman–Crippen LogP) is 6.73. The van der Waals surface area contributed by atoms with Crippen LogP contribution in [0.3, 0.4) is 0 Å². The molecule has 36 heavy (non-hydrogen) atoms. The van der Waals surface area contributed by atoms with E-state index in [0.29, 0.717) is 15.8 Å². The van der Waals surface area contributed by atoms with Gasteiger partial charge in [-0.2, -0.15) is 5.10 Å². The molecule has 0 saturated carbocycles. The SMILES string of the molecule is CC(C)Oc1ccc(-c2nn(-c3ccccc3)cc2C=C2SC(=S)N(Cc3ccccc3)C2=O)cc1. The van der Waals surface area contributed by atoms with Crippen molar-refractivity contribution in [3.63, 3.8) is 0 Å². The third kappa shape index (κ3) is 5.27. The Morgan fingerprint density at radius 3 is 2.31 bits per heavy atom. The second kappa shape index (κ2) is 10.5. The second-order valence-corrected chi connectivity index (χ2v) is 10.3. The van der Waals surface area contributed by atoms with Crippen molar-refractivity contribution in [1.82, 2.24) is 14.7 Å². The van der Waals surface area contributed by atoms with E-state index in [1.165, 1.54) is 11.8 Å². The predicted molar refractivity (Wildman–Crippen MR) is 150 cm³/mol. The quantitative estimate of drug-likeness (QED) is 0.203. The number of para-hydroxylation sites is 1. The van der Waals surface area contributed by atoms with Crippen molar-refractivity contribution in [1.29, 1.82) is 0 Å². The number of thiocarbonyl (C=S) groups is 1. The summed E-state index contributed by atoms with van der Waals surface area (Å²) in [6.07, 6.45) is 3.94. The van der Waals surface area contributed by atoms with Crippen molar-refractivity contribution in [2.75, 3.05) is 0 Å². The molecule has 7 heteroatoms. The number of hydrogen-bond acceptors (Lipinski definition) is 5. The molecule has 5 nitrogen and oxygen atoms in total. The van der Waals surface area contributed by atoms with Gasteiger partial charge in [0.2, 0.25) is 0 Å². The third-order valence-electron chi connectivity index (χ3n) is 5.61. The van der Waals surface area contributed by atoms with E-state index in [4.69, 9.17) is 22.1 Å². The molecule has 0 atom stereocenters. The average Bonchev–Trinajstić information content (AvgIpc) is 3.42. The summed E-state index contributed by atoms with van der Waals surface area (Å²) in [5.74, 6) is 0.715. The maximum atomic E-state index is 13.3. The van der Waals surface area contributed by atoms with E-state index in [-0.39, 0.29) is 12.0 Å². The molecule has 1 fully saturated rings. The Balaban J connectivity index is 1.50. The Bertz CT molecular complexity index is 1410. The first-order valence-electron chi connectivity index (χ1n) is 11.7. The smallest absolute Gasteiger partial charge is 0.266 e. The number of aromatic nitrogens is 2. The molecule has 2 heterocycles. The van der Waals surface area contributed by atoms with Gasteiger partial charge in [-0.1, -0.05) is 72.5 Å². The number of hydrogen-bond donors (Lipinski definition) is 0. The molecule has 180 valence electrons. The van der Waals surface area contributed by atoms with E-state index in [1.54, 1.807) is 4.90 Å². The lowest BCUT2D eigenvalue weighted by atomic mass is 10.1. The van der Waals surface area contributed by atoms with Gasteiger partial charge in [0.25, 0.3) is 5.91 Å². The summed E-state index contributed by atoms with van der Waals surface area (Å²) in [4.78, 5) is 15.5. The van der Waals surface area contributed by atoms with Crippen LogP contribution < -0.4 is 4.74 Å². The van der Waals surface area contributed by atoms with Gasteiger partial charge in [0.15, 0.2) is 0 Å². The minimum absolute atomic E-state index is 0.0899. The van der Waals surface area contributed by atoms with Gasteiger partial charge in [-0.05, 0) is 61.9 Å². The Morgan fingerprint density at radius 2 is 1.64 bits per heavy atom. The summed E-state index contributed by atoms with van der Waals surface area (Å²) in [6, 6.07) is 27.7. The van der Waals surface area contributed by atoms with Crippen molar-refractivity contribution in [2.24, 2.45) is 0 Å². The molecule has 1 aliphatic rings. The molecule has 4 aromatic rings. The molecule has 1 aliphatic heterocycles. The van der Waals surface area contributed by atoms with Crippen LogP contribution in [0, 0.1) is 0 Å². The number of amides is 1. The summed E-state index contributed by atoms with van der Waals surface area (Å²) < 4.78 is 8.19. The van der Waals surface area contributed by atoms with Crippen molar-refractivity contribution in [2.45, 2.75) is 26.5 Å². The van der Waals surface area contributed by atoms with Crippen LogP contribution in [0.2, 0.25) is 0 Å². The molecular weight excluding hydrogens is 486 g/mol. The highest BCUT2D eigenvalue weighted by atomic mass is 32.2. The number of rotatable bonds is 7. The first kappa shape index (κ1) is 24.0. The first-order chi connectivity index (χ1) is 17.5. The maximum Gasteiger partial charge on any atom is 0.266 e. The number of nitrogens with zero attached hydrogens (tertiary/aromatic N) is 3. The van der Waals surface area contributed by atoms with E-state index in [9.17, 15) is 4.79 Å². The van der Waals surface area contributed by atoms with Crippen LogP contribution in [0.1, 0.15) is 25.0 Å². The van der Waals surface area contributed by atoms with Gasteiger partial charge < -0.3 is 4.74 Å². The number of ether oxygens (including phenoxy) is 1. The summed E-state index contributed by atoms with van der Waals surface area (Å²) >= 11 is 6.89. The molecule has 0 bridgehead atoms. The lowest BCUT2D eigenvalue weighted by molar-refractivity contribution is -0.122. The fourth-order valence-corrected chi connectivity index (χ4v) is 5.18. The third-order valence-corrected chi connectivity index (χ3v) is 6.98. The van der Waals surface area contributed by atoms with Gasteiger partial charge in [0.05, 0.1) is 28.9 Å². The highest BCUT2D eigenvalue weighted by molar-refractivity contribution is 8.26. The average molecular weight is 512 g/mol. The summed E-state index contributed by atoms with van der Waals surface area (Å²) in [6.45, 7) is 4.46. The largest absolute Gasteiger partial charge is 0.491 e. The van der Waals surface area contributed by atoms with Gasteiger partial charge >= 0.3 is 0 Å². The topological polar surface area (TPSA) is 47.4 Å². The van der Waals surface area contributed by atoms with Crippen LogP contribution in [-0.2, 0) is 11.3 Å². The number of carbonyl (C=O) groups excluding carboxylic acids is 1. The van der Waals surface area contributed by atoms with Crippen molar-refractivity contribution in [3.05, 3.63) is 107 Å². The molecule has 0 radical (unpaired) electrons. The summed E-state index contributed by atoms with van der Waals surface area (Å²) in [5, 5.41) is 4.88. The minimum Gasteiger partial charge on any atom is -0.491 e. The Morgan fingerprint density at radius 1 is 0.972 bits per heavy atom. The van der Waals surface area contributed by atoms with Crippen LogP contribution >= 0.6 is 24.0 Å². The fourth-order valence-electron chi connectivity index (χ4n) is 3.94. The highest BCUT2D eigenvalue weighted by Gasteiger charge is 2.32. The van der Waals surface area contributed by atoms with Gasteiger partial charge in [0, 0.05) is 17.3 Å². The zero-order valence-electron chi connectivity index (χ0n) is 20.0. The number of benzene rings is 3. The minimum atomic E-state index is -0.0899. The van der Waals surface area contributed by atoms with E-state index >= 15 is 0 Å². The van der Waals surface area contributed by atoms with Crippen LogP contribution in [-0.4, -0.2) is 31.0 Å². The van der Waals surface area contributed by atoms with E-state index < -0.39 is 0 Å². The Labute approximate surface area is 220 Å². The molecule has 3 aromatic carbocycles. The summed E-state index contributed by atoms with van der Waals surface area (Å²) in [5.41, 5.74) is 4.54.